The van der Waals surface area contributed by atoms with Crippen LogP contribution in [0.15, 0.2) is 0 Å². The summed E-state index contributed by atoms with van der Waals surface area (Å²) in [5.74, 6) is 0.586. The molecule has 0 aromatic carbocycles. The molecule has 3 nitrogen and oxygen atoms in total. The van der Waals surface area contributed by atoms with E-state index in [1.54, 1.807) is 11.2 Å². The molecule has 0 spiro atoms. The third-order valence-corrected chi connectivity index (χ3v) is 4.51. The second-order valence-electron chi connectivity index (χ2n) is 4.33. The lowest BCUT2D eigenvalue weighted by Gasteiger charge is -2.30. The quantitative estimate of drug-likeness (QED) is 0.680. The first kappa shape index (κ1) is 14.9. The molecule has 0 aromatic heterocycles. The molecule has 0 rings (SSSR count). The lowest BCUT2D eigenvalue weighted by molar-refractivity contribution is 0.277. The Balaban J connectivity index is 4.87. The maximum absolute atomic E-state index is 11.9. The minimum absolute atomic E-state index is 0.164. The number of rotatable bonds is 7. The fourth-order valence-electron chi connectivity index (χ4n) is 1.71. The van der Waals surface area contributed by atoms with Gasteiger partial charge in [-0.3, -0.25) is 0 Å². The van der Waals surface area contributed by atoms with Gasteiger partial charge in [0.05, 0.1) is 5.75 Å². The van der Waals surface area contributed by atoms with E-state index in [0.29, 0.717) is 12.5 Å². The lowest BCUT2D eigenvalue weighted by Crippen LogP contribution is -2.42. The molecular formula is C11H25NO2S. The normalized spacial score (nSPS) is 13.1. The summed E-state index contributed by atoms with van der Waals surface area (Å²) in [4.78, 5) is 0. The van der Waals surface area contributed by atoms with Crippen molar-refractivity contribution in [2.75, 3.05) is 12.3 Å². The maximum Gasteiger partial charge on any atom is 0.214 e. The Labute approximate surface area is 94.9 Å². The predicted octanol–water partition coefficient (Wildman–Crippen LogP) is 2.48. The Morgan fingerprint density at radius 3 is 1.80 bits per heavy atom. The topological polar surface area (TPSA) is 37.4 Å². The van der Waals surface area contributed by atoms with Crippen molar-refractivity contribution in [2.45, 2.75) is 53.5 Å². The summed E-state index contributed by atoms with van der Waals surface area (Å²) >= 11 is 0. The van der Waals surface area contributed by atoms with E-state index >= 15 is 0 Å². The van der Waals surface area contributed by atoms with Gasteiger partial charge in [0.2, 0.25) is 10.0 Å². The van der Waals surface area contributed by atoms with Crippen LogP contribution >= 0.6 is 0 Å². The number of sulfonamides is 1. The Bertz CT molecular complexity index is 256. The first-order chi connectivity index (χ1) is 6.88. The average molecular weight is 235 g/mol. The largest absolute Gasteiger partial charge is 0.214 e. The van der Waals surface area contributed by atoms with Crippen LogP contribution in [-0.4, -0.2) is 31.1 Å². The highest BCUT2D eigenvalue weighted by Gasteiger charge is 2.26. The van der Waals surface area contributed by atoms with Crippen LogP contribution in [0.5, 0.6) is 0 Å². The molecule has 4 heteroatoms. The highest BCUT2D eigenvalue weighted by Crippen LogP contribution is 2.16. The molecule has 0 fully saturated rings. The van der Waals surface area contributed by atoms with Gasteiger partial charge in [-0.2, -0.15) is 4.31 Å². The van der Waals surface area contributed by atoms with Gasteiger partial charge < -0.3 is 0 Å². The first-order valence-electron chi connectivity index (χ1n) is 5.88. The van der Waals surface area contributed by atoms with Crippen LogP contribution in [0.3, 0.4) is 0 Å². The van der Waals surface area contributed by atoms with Gasteiger partial charge in [-0.1, -0.05) is 27.7 Å². The molecule has 0 aromatic rings. The third-order valence-electron chi connectivity index (χ3n) is 2.62. The van der Waals surface area contributed by atoms with Crippen molar-refractivity contribution >= 4 is 10.0 Å². The number of hydrogen-bond acceptors (Lipinski definition) is 2. The Hall–Kier alpha value is -0.0900. The fraction of sp³-hybridized carbons (Fsp3) is 1.00. The van der Waals surface area contributed by atoms with Crippen LogP contribution in [-0.2, 0) is 10.0 Å². The second kappa shape index (κ2) is 6.48. The van der Waals surface area contributed by atoms with Gasteiger partial charge in [-0.05, 0) is 25.7 Å². The predicted molar refractivity (Wildman–Crippen MR) is 65.4 cm³/mol. The molecular weight excluding hydrogens is 210 g/mol. The zero-order valence-electron chi connectivity index (χ0n) is 10.7. The zero-order chi connectivity index (χ0) is 12.1. The van der Waals surface area contributed by atoms with Crippen molar-refractivity contribution in [3.05, 3.63) is 0 Å². The van der Waals surface area contributed by atoms with Crippen molar-refractivity contribution in [3.63, 3.8) is 0 Å². The lowest BCUT2D eigenvalue weighted by atomic mass is 10.1. The van der Waals surface area contributed by atoms with E-state index in [2.05, 4.69) is 13.8 Å². The molecule has 0 amide bonds. The molecule has 0 saturated heterocycles. The zero-order valence-corrected chi connectivity index (χ0v) is 11.5. The minimum Gasteiger partial charge on any atom is -0.212 e. The summed E-state index contributed by atoms with van der Waals surface area (Å²) in [6.07, 6.45) is 1.78. The van der Waals surface area contributed by atoms with Gasteiger partial charge in [0.1, 0.15) is 0 Å². The van der Waals surface area contributed by atoms with Gasteiger partial charge in [-0.25, -0.2) is 8.42 Å². The summed E-state index contributed by atoms with van der Waals surface area (Å²) in [6.45, 7) is 10.6. The number of hydrogen-bond donors (Lipinski definition) is 0. The van der Waals surface area contributed by atoms with Crippen LogP contribution in [0.4, 0.5) is 0 Å². The third kappa shape index (κ3) is 4.51. The Kier molecular flexibility index (Phi) is 6.44. The second-order valence-corrected chi connectivity index (χ2v) is 6.54. The standard InChI is InChI=1S/C11H25NO2S/c1-6-11(7-2)12(9-10(4)5)15(13,14)8-3/h10-11H,6-9H2,1-5H3. The highest BCUT2D eigenvalue weighted by molar-refractivity contribution is 7.89. The fourth-order valence-corrected chi connectivity index (χ4v) is 3.32. The monoisotopic (exact) mass is 235 g/mol. The summed E-state index contributed by atoms with van der Waals surface area (Å²) in [5, 5.41) is 0. The molecule has 0 atom stereocenters. The molecule has 0 aliphatic rings. The van der Waals surface area contributed by atoms with Crippen molar-refractivity contribution in [1.29, 1.82) is 0 Å². The molecule has 0 heterocycles. The molecule has 0 N–H and O–H groups in total. The molecule has 0 saturated carbocycles. The average Bonchev–Trinajstić information content (AvgIpc) is 2.17. The SMILES string of the molecule is CCC(CC)N(CC(C)C)S(=O)(=O)CC. The highest BCUT2D eigenvalue weighted by atomic mass is 32.2. The van der Waals surface area contributed by atoms with Crippen LogP contribution in [0.25, 0.3) is 0 Å². The summed E-state index contributed by atoms with van der Waals surface area (Å²) in [5.41, 5.74) is 0. The Morgan fingerprint density at radius 1 is 1.07 bits per heavy atom. The minimum atomic E-state index is -3.05. The maximum atomic E-state index is 11.9. The van der Waals surface area contributed by atoms with Gasteiger partial charge in [-0.15, -0.1) is 0 Å². The van der Waals surface area contributed by atoms with E-state index in [-0.39, 0.29) is 11.8 Å². The van der Waals surface area contributed by atoms with Gasteiger partial charge >= 0.3 is 0 Å². The van der Waals surface area contributed by atoms with Crippen LogP contribution in [0, 0.1) is 5.92 Å². The van der Waals surface area contributed by atoms with Gasteiger partial charge in [0.25, 0.3) is 0 Å². The smallest absolute Gasteiger partial charge is 0.212 e. The van der Waals surface area contributed by atoms with Gasteiger partial charge in [0, 0.05) is 12.6 Å². The molecule has 0 aliphatic carbocycles. The van der Waals surface area contributed by atoms with E-state index in [9.17, 15) is 8.42 Å². The van der Waals surface area contributed by atoms with E-state index in [4.69, 9.17) is 0 Å². The van der Waals surface area contributed by atoms with Crippen LogP contribution in [0.2, 0.25) is 0 Å². The Morgan fingerprint density at radius 2 is 1.53 bits per heavy atom. The molecule has 0 radical (unpaired) electrons. The van der Waals surface area contributed by atoms with Crippen LogP contribution < -0.4 is 0 Å². The van der Waals surface area contributed by atoms with Crippen molar-refractivity contribution in [1.82, 2.24) is 4.31 Å². The van der Waals surface area contributed by atoms with E-state index in [1.165, 1.54) is 0 Å². The van der Waals surface area contributed by atoms with E-state index in [1.807, 2.05) is 13.8 Å². The molecule has 92 valence electrons. The van der Waals surface area contributed by atoms with Crippen molar-refractivity contribution in [2.24, 2.45) is 5.92 Å². The molecule has 15 heavy (non-hydrogen) atoms. The molecule has 0 aliphatic heterocycles. The molecule has 0 unspecified atom stereocenters. The van der Waals surface area contributed by atoms with Gasteiger partial charge in [0.15, 0.2) is 0 Å². The van der Waals surface area contributed by atoms with Crippen LogP contribution in [0.1, 0.15) is 47.5 Å². The summed E-state index contributed by atoms with van der Waals surface area (Å²) in [7, 11) is -3.05. The van der Waals surface area contributed by atoms with Crippen molar-refractivity contribution < 1.29 is 8.42 Å². The summed E-state index contributed by atoms with van der Waals surface area (Å²) in [6, 6.07) is 0.164. The van der Waals surface area contributed by atoms with E-state index < -0.39 is 10.0 Å². The molecule has 0 bridgehead atoms. The van der Waals surface area contributed by atoms with Crippen molar-refractivity contribution in [3.8, 4) is 0 Å². The summed E-state index contributed by atoms with van der Waals surface area (Å²) < 4.78 is 25.5. The van der Waals surface area contributed by atoms with E-state index in [0.717, 1.165) is 12.8 Å². The first-order valence-corrected chi connectivity index (χ1v) is 7.49. The number of nitrogens with zero attached hydrogens (tertiary/aromatic N) is 1.